The van der Waals surface area contributed by atoms with E-state index in [2.05, 4.69) is 17.1 Å². The van der Waals surface area contributed by atoms with Crippen molar-refractivity contribution in [2.75, 3.05) is 25.4 Å². The second kappa shape index (κ2) is 13.8. The van der Waals surface area contributed by atoms with Gasteiger partial charge in [0.2, 0.25) is 6.43 Å². The molecule has 0 radical (unpaired) electrons. The molecule has 12 heteroatoms. The van der Waals surface area contributed by atoms with E-state index in [1.165, 1.54) is 0 Å². The van der Waals surface area contributed by atoms with E-state index in [9.17, 15) is 23.5 Å². The van der Waals surface area contributed by atoms with Crippen LogP contribution in [0, 0.1) is 30.6 Å². The van der Waals surface area contributed by atoms with Crippen LogP contribution in [-0.2, 0) is 28.9 Å². The van der Waals surface area contributed by atoms with E-state index < -0.39 is 18.3 Å². The number of carboxylic acids is 1. The number of nitrogens with zero attached hydrogens (tertiary/aromatic N) is 3. The Hall–Kier alpha value is -1.27. The van der Waals surface area contributed by atoms with Crippen molar-refractivity contribution in [1.29, 1.82) is 0 Å². The molecule has 3 aliphatic heterocycles. The van der Waals surface area contributed by atoms with Crippen LogP contribution in [0.2, 0.25) is 0 Å². The van der Waals surface area contributed by atoms with Crippen molar-refractivity contribution < 1.29 is 23.4 Å². The fourth-order valence-electron chi connectivity index (χ4n) is 8.83. The minimum Gasteiger partial charge on any atom is -0.481 e. The molecule has 9 atom stereocenters. The van der Waals surface area contributed by atoms with Crippen LogP contribution in [0.4, 0.5) is 8.78 Å². The maximum atomic E-state index is 13.8. The summed E-state index contributed by atoms with van der Waals surface area (Å²) in [5.74, 6) is 0.297. The SMILES string of the molecule is Cc1nc2c(c(=O)n1CCOC1CCC(Cl)CC1C1CC(C)NC3C(C(=O)O)CSC13)CC(N1CCC(C(F)F)CC1)CC2. The van der Waals surface area contributed by atoms with Crippen molar-refractivity contribution in [2.45, 2.75) is 119 Å². The third-order valence-electron chi connectivity index (χ3n) is 11.2. The van der Waals surface area contributed by atoms with E-state index in [0.29, 0.717) is 63.0 Å². The minimum absolute atomic E-state index is 0.00127. The number of hydrogen-bond donors (Lipinski definition) is 2. The highest BCUT2D eigenvalue weighted by atomic mass is 35.5. The van der Waals surface area contributed by atoms with Gasteiger partial charge >= 0.3 is 5.97 Å². The van der Waals surface area contributed by atoms with Gasteiger partial charge in [0, 0.05) is 46.0 Å². The second-order valence-corrected chi connectivity index (χ2v) is 15.7. The number of carboxylic acid groups (broad SMARTS) is 1. The number of aromatic nitrogens is 2. The number of nitrogens with one attached hydrogen (secondary N) is 1. The smallest absolute Gasteiger partial charge is 0.308 e. The maximum Gasteiger partial charge on any atom is 0.308 e. The predicted molar refractivity (Wildman–Crippen MR) is 168 cm³/mol. The van der Waals surface area contributed by atoms with E-state index in [1.807, 2.05) is 6.92 Å². The van der Waals surface area contributed by atoms with Crippen LogP contribution in [-0.4, -0.2) is 92.3 Å². The van der Waals surface area contributed by atoms with Crippen LogP contribution in [0.25, 0.3) is 0 Å². The normalized spacial score (nSPS) is 36.7. The van der Waals surface area contributed by atoms with Gasteiger partial charge in [0.1, 0.15) is 5.82 Å². The van der Waals surface area contributed by atoms with Crippen molar-refractivity contribution in [3.05, 3.63) is 27.4 Å². The number of alkyl halides is 3. The number of hydrogen-bond acceptors (Lipinski definition) is 7. The Balaban J connectivity index is 1.11. The number of piperidine rings is 2. The molecule has 1 aromatic rings. The highest BCUT2D eigenvalue weighted by Gasteiger charge is 2.51. The van der Waals surface area contributed by atoms with E-state index in [-0.39, 0.29) is 52.3 Å². The molecule has 5 aliphatic rings. The summed E-state index contributed by atoms with van der Waals surface area (Å²) < 4.78 is 34.7. The Morgan fingerprint density at radius 3 is 2.68 bits per heavy atom. The van der Waals surface area contributed by atoms with Crippen LogP contribution in [0.5, 0.6) is 0 Å². The first-order valence-electron chi connectivity index (χ1n) is 16.6. The average Bonchev–Trinajstić information content (AvgIpc) is 3.43. The number of fused-ring (bicyclic) bond motifs is 2. The first kappa shape index (κ1) is 32.7. The molecule has 0 spiro atoms. The molecule has 246 valence electrons. The number of halogens is 3. The van der Waals surface area contributed by atoms with E-state index >= 15 is 0 Å². The largest absolute Gasteiger partial charge is 0.481 e. The molecule has 0 aromatic carbocycles. The molecule has 4 heterocycles. The quantitative estimate of drug-likeness (QED) is 0.399. The average molecular weight is 657 g/mol. The highest BCUT2D eigenvalue weighted by molar-refractivity contribution is 8.00. The number of carbonyl (C=O) groups is 1. The van der Waals surface area contributed by atoms with E-state index in [0.717, 1.165) is 49.8 Å². The zero-order chi connectivity index (χ0) is 31.1. The number of aryl methyl sites for hydroxylation is 2. The van der Waals surface area contributed by atoms with Crippen molar-refractivity contribution in [3.8, 4) is 0 Å². The number of rotatable bonds is 8. The summed E-state index contributed by atoms with van der Waals surface area (Å²) in [6, 6.07) is 0.394. The van der Waals surface area contributed by atoms with Crippen molar-refractivity contribution in [3.63, 3.8) is 0 Å². The van der Waals surface area contributed by atoms with Crippen LogP contribution in [0.15, 0.2) is 4.79 Å². The standard InChI is InChI=1S/C32H47ClF2N4O4S/c1-17-13-23(29-28(36-17)25(16-44-29)32(41)42)22-14-20(33)3-6-27(22)43-12-11-39-18(2)37-26-5-4-21(15-24(26)31(39)40)38-9-7-19(8-10-38)30(34)35/h17,19-23,25,27-30,36H,3-16H2,1-2H3,(H,41,42). The molecule has 2 N–H and O–H groups in total. The zero-order valence-corrected chi connectivity index (χ0v) is 27.4. The monoisotopic (exact) mass is 656 g/mol. The first-order valence-corrected chi connectivity index (χ1v) is 18.1. The third-order valence-corrected chi connectivity index (χ3v) is 13.2. The van der Waals surface area contributed by atoms with Gasteiger partial charge in [-0.1, -0.05) is 0 Å². The topological polar surface area (TPSA) is 96.7 Å². The number of ether oxygens (including phenoxy) is 1. The third kappa shape index (κ3) is 6.73. The lowest BCUT2D eigenvalue weighted by Gasteiger charge is -2.47. The van der Waals surface area contributed by atoms with E-state index in [4.69, 9.17) is 21.3 Å². The van der Waals surface area contributed by atoms with Gasteiger partial charge in [0.05, 0.1) is 30.9 Å². The molecule has 6 rings (SSSR count). The van der Waals surface area contributed by atoms with Crippen molar-refractivity contribution in [2.24, 2.45) is 23.7 Å². The lowest BCUT2D eigenvalue weighted by molar-refractivity contribution is -0.142. The fourth-order valence-corrected chi connectivity index (χ4v) is 11.0. The van der Waals surface area contributed by atoms with Crippen LogP contribution in [0.3, 0.4) is 0 Å². The van der Waals surface area contributed by atoms with Gasteiger partial charge in [-0.3, -0.25) is 14.2 Å². The van der Waals surface area contributed by atoms with Gasteiger partial charge in [-0.2, -0.15) is 11.8 Å². The summed E-state index contributed by atoms with van der Waals surface area (Å²) in [5.41, 5.74) is 1.65. The molecule has 8 nitrogen and oxygen atoms in total. The summed E-state index contributed by atoms with van der Waals surface area (Å²) in [7, 11) is 0. The Labute approximate surface area is 268 Å². The van der Waals surface area contributed by atoms with E-state index in [1.54, 1.807) is 16.3 Å². The zero-order valence-electron chi connectivity index (χ0n) is 25.8. The summed E-state index contributed by atoms with van der Waals surface area (Å²) in [6.07, 6.45) is 4.64. The van der Waals surface area contributed by atoms with Crippen molar-refractivity contribution in [1.82, 2.24) is 19.8 Å². The molecule has 4 fully saturated rings. The van der Waals surface area contributed by atoms with Gasteiger partial charge in [-0.25, -0.2) is 13.8 Å². The summed E-state index contributed by atoms with van der Waals surface area (Å²) in [6.45, 7) is 6.18. The molecule has 0 amide bonds. The minimum atomic E-state index is -2.25. The Morgan fingerprint density at radius 2 is 1.95 bits per heavy atom. The molecular weight excluding hydrogens is 610 g/mol. The first-order chi connectivity index (χ1) is 21.1. The van der Waals surface area contributed by atoms with Crippen LogP contribution >= 0.6 is 23.4 Å². The molecular formula is C32H47ClF2N4O4S. The molecule has 0 bridgehead atoms. The molecule has 1 aromatic heterocycles. The van der Waals surface area contributed by atoms with Gasteiger partial charge in [-0.15, -0.1) is 11.6 Å². The summed E-state index contributed by atoms with van der Waals surface area (Å²) in [4.78, 5) is 32.9. The Kier molecular flexibility index (Phi) is 10.3. The molecule has 1 saturated carbocycles. The maximum absolute atomic E-state index is 13.8. The summed E-state index contributed by atoms with van der Waals surface area (Å²) in [5, 5.41) is 13.7. The summed E-state index contributed by atoms with van der Waals surface area (Å²) >= 11 is 8.51. The van der Waals surface area contributed by atoms with Crippen molar-refractivity contribution >= 4 is 29.3 Å². The molecule has 3 saturated heterocycles. The lowest BCUT2D eigenvalue weighted by atomic mass is 9.70. The Morgan fingerprint density at radius 1 is 1.18 bits per heavy atom. The number of likely N-dealkylation sites (tertiary alicyclic amines) is 1. The van der Waals surface area contributed by atoms with Crippen LogP contribution < -0.4 is 10.9 Å². The number of thioether (sulfide) groups is 1. The second-order valence-electron chi connectivity index (χ2n) is 13.9. The highest BCUT2D eigenvalue weighted by Crippen LogP contribution is 2.48. The van der Waals surface area contributed by atoms with Crippen LogP contribution in [0.1, 0.15) is 69.0 Å². The van der Waals surface area contributed by atoms with Gasteiger partial charge in [0.15, 0.2) is 0 Å². The van der Waals surface area contributed by atoms with Gasteiger partial charge in [-0.05, 0) is 96.6 Å². The fraction of sp³-hybridized carbons (Fsp3) is 0.844. The van der Waals surface area contributed by atoms with Gasteiger partial charge < -0.3 is 20.1 Å². The molecule has 9 unspecified atom stereocenters. The molecule has 44 heavy (non-hydrogen) atoms. The lowest BCUT2D eigenvalue weighted by Crippen LogP contribution is -2.57. The Bertz CT molecular complexity index is 1250. The van der Waals surface area contributed by atoms with Gasteiger partial charge in [0.25, 0.3) is 5.56 Å². The predicted octanol–water partition coefficient (Wildman–Crippen LogP) is 4.36. The molecule has 2 aliphatic carbocycles. The number of aliphatic carboxylic acids is 1.